The van der Waals surface area contributed by atoms with Crippen molar-refractivity contribution in [1.29, 1.82) is 0 Å². The molecule has 1 N–H and O–H groups in total. The molecular weight excluding hydrogens is 242 g/mol. The second kappa shape index (κ2) is 8.35. The van der Waals surface area contributed by atoms with Gasteiger partial charge in [0.15, 0.2) is 0 Å². The van der Waals surface area contributed by atoms with Crippen molar-refractivity contribution < 1.29 is 4.79 Å². The smallest absolute Gasteiger partial charge is 0.317 e. The number of carbonyl (C=O) groups is 1. The fraction of sp³-hybridized carbons (Fsp3) is 0.923. The number of likely N-dealkylation sites (N-methyl/N-ethyl adjacent to an activating group) is 2. The number of carbonyl (C=O) groups excluding carboxylic acids is 1. The van der Waals surface area contributed by atoms with Gasteiger partial charge in [-0.05, 0) is 28.2 Å². The van der Waals surface area contributed by atoms with Crippen LogP contribution in [0.15, 0.2) is 0 Å². The van der Waals surface area contributed by atoms with E-state index in [9.17, 15) is 4.79 Å². The summed E-state index contributed by atoms with van der Waals surface area (Å²) >= 11 is 0. The van der Waals surface area contributed by atoms with Crippen LogP contribution >= 0.6 is 0 Å². The molecule has 1 aliphatic heterocycles. The fourth-order valence-corrected chi connectivity index (χ4v) is 2.01. The quantitative estimate of drug-likeness (QED) is 0.703. The van der Waals surface area contributed by atoms with Gasteiger partial charge in [0.1, 0.15) is 0 Å². The highest BCUT2D eigenvalue weighted by atomic mass is 16.2. The zero-order valence-electron chi connectivity index (χ0n) is 12.9. The first-order chi connectivity index (χ1) is 8.99. The summed E-state index contributed by atoms with van der Waals surface area (Å²) in [5.74, 6) is 0. The molecule has 0 spiro atoms. The first-order valence-corrected chi connectivity index (χ1v) is 7.03. The summed E-state index contributed by atoms with van der Waals surface area (Å²) < 4.78 is 0. The van der Waals surface area contributed by atoms with Crippen LogP contribution in [0.4, 0.5) is 4.79 Å². The maximum absolute atomic E-state index is 11.9. The zero-order valence-corrected chi connectivity index (χ0v) is 12.9. The summed E-state index contributed by atoms with van der Waals surface area (Å²) in [7, 11) is 8.20. The summed E-state index contributed by atoms with van der Waals surface area (Å²) in [6.45, 7) is 7.39. The minimum absolute atomic E-state index is 0.0779. The van der Waals surface area contributed by atoms with Gasteiger partial charge >= 0.3 is 6.03 Å². The van der Waals surface area contributed by atoms with Crippen molar-refractivity contribution in [2.24, 2.45) is 0 Å². The Morgan fingerprint density at radius 2 is 1.58 bits per heavy atom. The first kappa shape index (κ1) is 16.2. The van der Waals surface area contributed by atoms with Crippen LogP contribution in [-0.4, -0.2) is 106 Å². The largest absolute Gasteiger partial charge is 0.337 e. The Morgan fingerprint density at radius 1 is 1.00 bits per heavy atom. The average molecular weight is 271 g/mol. The SMILES string of the molecule is CN(C)CCNC(=O)N1CCN(CCN(C)C)CC1. The van der Waals surface area contributed by atoms with E-state index < -0.39 is 0 Å². The van der Waals surface area contributed by atoms with Gasteiger partial charge in [-0.2, -0.15) is 0 Å². The molecule has 0 aromatic carbocycles. The highest BCUT2D eigenvalue weighted by Gasteiger charge is 2.20. The number of hydrogen-bond acceptors (Lipinski definition) is 4. The summed E-state index contributed by atoms with van der Waals surface area (Å²) in [5.41, 5.74) is 0. The average Bonchev–Trinajstić information content (AvgIpc) is 2.36. The van der Waals surface area contributed by atoms with Gasteiger partial charge < -0.3 is 20.0 Å². The van der Waals surface area contributed by atoms with Crippen molar-refractivity contribution >= 4 is 6.03 Å². The number of nitrogens with one attached hydrogen (secondary N) is 1. The molecular formula is C13H29N5O. The minimum Gasteiger partial charge on any atom is -0.337 e. The third-order valence-corrected chi connectivity index (χ3v) is 3.36. The minimum atomic E-state index is 0.0779. The number of piperazine rings is 1. The maximum atomic E-state index is 11.9. The number of urea groups is 1. The van der Waals surface area contributed by atoms with E-state index in [4.69, 9.17) is 0 Å². The molecule has 19 heavy (non-hydrogen) atoms. The molecule has 6 heteroatoms. The lowest BCUT2D eigenvalue weighted by atomic mass is 10.3. The molecule has 6 nitrogen and oxygen atoms in total. The van der Waals surface area contributed by atoms with E-state index in [0.717, 1.165) is 45.8 Å². The second-order valence-corrected chi connectivity index (χ2v) is 5.67. The van der Waals surface area contributed by atoms with Crippen LogP contribution < -0.4 is 5.32 Å². The van der Waals surface area contributed by atoms with Gasteiger partial charge in [-0.15, -0.1) is 0 Å². The van der Waals surface area contributed by atoms with Crippen LogP contribution in [-0.2, 0) is 0 Å². The molecule has 0 bridgehead atoms. The van der Waals surface area contributed by atoms with Gasteiger partial charge in [0.2, 0.25) is 0 Å². The van der Waals surface area contributed by atoms with E-state index in [1.54, 1.807) is 0 Å². The van der Waals surface area contributed by atoms with Gasteiger partial charge in [0.05, 0.1) is 0 Å². The van der Waals surface area contributed by atoms with Gasteiger partial charge in [0, 0.05) is 52.4 Å². The molecule has 1 saturated heterocycles. The van der Waals surface area contributed by atoms with Crippen molar-refractivity contribution in [2.75, 3.05) is 80.5 Å². The van der Waals surface area contributed by atoms with E-state index in [1.807, 2.05) is 19.0 Å². The summed E-state index contributed by atoms with van der Waals surface area (Å²) in [6.07, 6.45) is 0. The van der Waals surface area contributed by atoms with E-state index in [1.165, 1.54) is 0 Å². The molecule has 1 heterocycles. The Balaban J connectivity index is 2.16. The summed E-state index contributed by atoms with van der Waals surface area (Å²) in [5, 5.41) is 2.97. The molecule has 0 unspecified atom stereocenters. The molecule has 0 radical (unpaired) electrons. The van der Waals surface area contributed by atoms with Crippen LogP contribution in [0.25, 0.3) is 0 Å². The van der Waals surface area contributed by atoms with E-state index in [-0.39, 0.29) is 6.03 Å². The number of rotatable bonds is 6. The Hall–Kier alpha value is -0.850. The molecule has 0 aromatic heterocycles. The Labute approximate surface area is 117 Å². The third kappa shape index (κ3) is 6.75. The van der Waals surface area contributed by atoms with Crippen molar-refractivity contribution in [3.8, 4) is 0 Å². The normalized spacial score (nSPS) is 17.3. The Morgan fingerprint density at radius 3 is 2.11 bits per heavy atom. The zero-order chi connectivity index (χ0) is 14.3. The van der Waals surface area contributed by atoms with Gasteiger partial charge in [0.25, 0.3) is 0 Å². The number of amides is 2. The summed E-state index contributed by atoms with van der Waals surface area (Å²) in [4.78, 5) is 20.5. The van der Waals surface area contributed by atoms with Crippen LogP contribution in [0.5, 0.6) is 0 Å². The molecule has 2 amide bonds. The van der Waals surface area contributed by atoms with Crippen molar-refractivity contribution in [2.45, 2.75) is 0 Å². The predicted octanol–water partition coefficient (Wildman–Crippen LogP) is -0.563. The van der Waals surface area contributed by atoms with Gasteiger partial charge in [-0.25, -0.2) is 4.79 Å². The van der Waals surface area contributed by atoms with Crippen molar-refractivity contribution in [1.82, 2.24) is 24.9 Å². The monoisotopic (exact) mass is 271 g/mol. The molecule has 0 atom stereocenters. The van der Waals surface area contributed by atoms with Crippen molar-refractivity contribution in [3.63, 3.8) is 0 Å². The van der Waals surface area contributed by atoms with E-state index >= 15 is 0 Å². The van der Waals surface area contributed by atoms with Crippen LogP contribution in [0.2, 0.25) is 0 Å². The lowest BCUT2D eigenvalue weighted by molar-refractivity contribution is 0.133. The van der Waals surface area contributed by atoms with E-state index in [0.29, 0.717) is 6.54 Å². The van der Waals surface area contributed by atoms with Gasteiger partial charge in [-0.3, -0.25) is 4.90 Å². The molecule has 112 valence electrons. The van der Waals surface area contributed by atoms with Crippen molar-refractivity contribution in [3.05, 3.63) is 0 Å². The fourth-order valence-electron chi connectivity index (χ4n) is 2.01. The number of nitrogens with zero attached hydrogens (tertiary/aromatic N) is 4. The van der Waals surface area contributed by atoms with Crippen LogP contribution in [0.1, 0.15) is 0 Å². The molecule has 0 saturated carbocycles. The van der Waals surface area contributed by atoms with Crippen LogP contribution in [0, 0.1) is 0 Å². The molecule has 0 aromatic rings. The highest BCUT2D eigenvalue weighted by molar-refractivity contribution is 5.74. The first-order valence-electron chi connectivity index (χ1n) is 7.03. The predicted molar refractivity (Wildman–Crippen MR) is 78.5 cm³/mol. The highest BCUT2D eigenvalue weighted by Crippen LogP contribution is 2.01. The van der Waals surface area contributed by atoms with Gasteiger partial charge in [-0.1, -0.05) is 0 Å². The lowest BCUT2D eigenvalue weighted by Crippen LogP contribution is -2.53. The second-order valence-electron chi connectivity index (χ2n) is 5.67. The third-order valence-electron chi connectivity index (χ3n) is 3.36. The standard InChI is InChI=1S/C13H29N5O/c1-15(2)6-5-14-13(19)18-11-9-17(10-12-18)8-7-16(3)4/h5-12H2,1-4H3,(H,14,19). The van der Waals surface area contributed by atoms with E-state index in [2.05, 4.69) is 34.1 Å². The molecule has 1 rings (SSSR count). The Kier molecular flexibility index (Phi) is 7.12. The molecule has 1 fully saturated rings. The molecule has 1 aliphatic rings. The lowest BCUT2D eigenvalue weighted by Gasteiger charge is -2.35. The van der Waals surface area contributed by atoms with Crippen LogP contribution in [0.3, 0.4) is 0 Å². The summed E-state index contributed by atoms with van der Waals surface area (Å²) in [6, 6.07) is 0.0779. The maximum Gasteiger partial charge on any atom is 0.317 e. The topological polar surface area (TPSA) is 42.1 Å². The molecule has 0 aliphatic carbocycles. The number of hydrogen-bond donors (Lipinski definition) is 1. The Bertz CT molecular complexity index is 262.